The van der Waals surface area contributed by atoms with E-state index in [4.69, 9.17) is 4.42 Å². The predicted molar refractivity (Wildman–Crippen MR) is 84.0 cm³/mol. The van der Waals surface area contributed by atoms with Crippen LogP contribution in [-0.4, -0.2) is 39.7 Å². The first kappa shape index (κ1) is 14.1. The van der Waals surface area contributed by atoms with Crippen molar-refractivity contribution in [3.05, 3.63) is 23.4 Å². The van der Waals surface area contributed by atoms with Crippen LogP contribution in [0, 0.1) is 0 Å². The smallest absolute Gasteiger partial charge is 0.257 e. The number of thiophene rings is 1. The molecule has 20 heavy (non-hydrogen) atoms. The van der Waals surface area contributed by atoms with E-state index in [0.29, 0.717) is 17.8 Å². The molecule has 1 fully saturated rings. The Labute approximate surface area is 127 Å². The summed E-state index contributed by atoms with van der Waals surface area (Å²) >= 11 is 3.60. The first-order valence-corrected chi connectivity index (χ1v) is 9.04. The third kappa shape index (κ3) is 2.92. The van der Waals surface area contributed by atoms with Crippen molar-refractivity contribution < 1.29 is 4.42 Å². The third-order valence-electron chi connectivity index (χ3n) is 3.87. The van der Waals surface area contributed by atoms with Crippen LogP contribution in [0.2, 0.25) is 0 Å². The number of thioether (sulfide) groups is 1. The average molecular weight is 309 g/mol. The van der Waals surface area contributed by atoms with Gasteiger partial charge in [0.15, 0.2) is 0 Å². The van der Waals surface area contributed by atoms with Crippen LogP contribution in [0.1, 0.15) is 25.2 Å². The Hall–Kier alpha value is -0.850. The zero-order valence-corrected chi connectivity index (χ0v) is 13.4. The lowest BCUT2D eigenvalue weighted by Crippen LogP contribution is -2.35. The number of aromatic nitrogens is 2. The first-order valence-electron chi connectivity index (χ1n) is 6.87. The summed E-state index contributed by atoms with van der Waals surface area (Å²) in [5, 5.41) is 11.1. The monoisotopic (exact) mass is 309 g/mol. The molecule has 2 atom stereocenters. The molecule has 0 saturated heterocycles. The molecule has 1 aliphatic carbocycles. The molecule has 6 heteroatoms. The number of nitrogens with zero attached hydrogens (tertiary/aromatic N) is 3. The van der Waals surface area contributed by atoms with Crippen LogP contribution >= 0.6 is 23.1 Å². The van der Waals surface area contributed by atoms with Crippen LogP contribution < -0.4 is 0 Å². The van der Waals surface area contributed by atoms with Crippen LogP contribution in [0.3, 0.4) is 0 Å². The fourth-order valence-electron chi connectivity index (χ4n) is 2.83. The van der Waals surface area contributed by atoms with E-state index in [1.165, 1.54) is 19.3 Å². The van der Waals surface area contributed by atoms with E-state index >= 15 is 0 Å². The highest BCUT2D eigenvalue weighted by Crippen LogP contribution is 2.32. The molecule has 4 nitrogen and oxygen atoms in total. The van der Waals surface area contributed by atoms with Gasteiger partial charge in [0.1, 0.15) is 0 Å². The van der Waals surface area contributed by atoms with E-state index in [2.05, 4.69) is 28.4 Å². The second-order valence-corrected chi connectivity index (χ2v) is 7.19. The molecule has 1 aliphatic rings. The zero-order chi connectivity index (χ0) is 13.9. The van der Waals surface area contributed by atoms with Gasteiger partial charge in [0.25, 0.3) is 5.89 Å². The lowest BCUT2D eigenvalue weighted by Gasteiger charge is -2.27. The lowest BCUT2D eigenvalue weighted by molar-refractivity contribution is 0.219. The lowest BCUT2D eigenvalue weighted by atomic mass is 10.2. The summed E-state index contributed by atoms with van der Waals surface area (Å²) in [6.45, 7) is 0.736. The van der Waals surface area contributed by atoms with Crippen molar-refractivity contribution >= 4 is 23.1 Å². The van der Waals surface area contributed by atoms with E-state index < -0.39 is 0 Å². The molecule has 2 aromatic rings. The molecule has 0 aromatic carbocycles. The summed E-state index contributed by atoms with van der Waals surface area (Å²) in [6, 6.07) is 4.63. The van der Waals surface area contributed by atoms with Gasteiger partial charge in [0, 0.05) is 11.3 Å². The standard InChI is InChI=1S/C14H19N3OS2/c1-17(10-5-3-6-11(10)19-2)9-13-15-16-14(18-13)12-7-4-8-20-12/h4,7-8,10-11H,3,5-6,9H2,1-2H3/t10-,11+/m1/s1. The summed E-state index contributed by atoms with van der Waals surface area (Å²) in [6.07, 6.45) is 6.12. The van der Waals surface area contributed by atoms with Crippen molar-refractivity contribution in [3.63, 3.8) is 0 Å². The van der Waals surface area contributed by atoms with Gasteiger partial charge in [-0.1, -0.05) is 12.5 Å². The number of hydrogen-bond acceptors (Lipinski definition) is 6. The Kier molecular flexibility index (Phi) is 4.43. The quantitative estimate of drug-likeness (QED) is 0.845. The third-order valence-corrected chi connectivity index (χ3v) is 5.88. The van der Waals surface area contributed by atoms with Crippen LogP contribution in [0.15, 0.2) is 21.9 Å². The van der Waals surface area contributed by atoms with Crippen molar-refractivity contribution in [1.29, 1.82) is 0 Å². The highest BCUT2D eigenvalue weighted by Gasteiger charge is 2.30. The molecule has 0 radical (unpaired) electrons. The highest BCUT2D eigenvalue weighted by molar-refractivity contribution is 7.99. The van der Waals surface area contributed by atoms with E-state index in [1.807, 2.05) is 29.3 Å². The minimum Gasteiger partial charge on any atom is -0.419 e. The molecule has 108 valence electrons. The molecular formula is C14H19N3OS2. The fourth-order valence-corrected chi connectivity index (χ4v) is 4.54. The summed E-state index contributed by atoms with van der Waals surface area (Å²) < 4.78 is 5.77. The minimum atomic E-state index is 0.627. The molecule has 2 aromatic heterocycles. The molecule has 0 spiro atoms. The van der Waals surface area contributed by atoms with Gasteiger partial charge in [-0.2, -0.15) is 11.8 Å². The molecular weight excluding hydrogens is 290 g/mol. The largest absolute Gasteiger partial charge is 0.419 e. The second-order valence-electron chi connectivity index (χ2n) is 5.17. The fraction of sp³-hybridized carbons (Fsp3) is 0.571. The van der Waals surface area contributed by atoms with Gasteiger partial charge in [-0.05, 0) is 37.6 Å². The van der Waals surface area contributed by atoms with Crippen LogP contribution in [0.5, 0.6) is 0 Å². The Morgan fingerprint density at radius 2 is 2.35 bits per heavy atom. The van der Waals surface area contributed by atoms with Crippen molar-refractivity contribution in [2.75, 3.05) is 13.3 Å². The van der Waals surface area contributed by atoms with Crippen molar-refractivity contribution in [2.45, 2.75) is 37.1 Å². The summed E-state index contributed by atoms with van der Waals surface area (Å²) in [5.74, 6) is 1.35. The van der Waals surface area contributed by atoms with Gasteiger partial charge in [-0.25, -0.2) is 0 Å². The van der Waals surface area contributed by atoms with Gasteiger partial charge in [0.2, 0.25) is 5.89 Å². The van der Waals surface area contributed by atoms with E-state index in [-0.39, 0.29) is 0 Å². The Balaban J connectivity index is 1.66. The maximum absolute atomic E-state index is 5.77. The Bertz CT molecular complexity index is 540. The molecule has 0 amide bonds. The van der Waals surface area contributed by atoms with Crippen LogP contribution in [-0.2, 0) is 6.54 Å². The molecule has 2 heterocycles. The Morgan fingerprint density at radius 3 is 3.10 bits per heavy atom. The topological polar surface area (TPSA) is 42.2 Å². The van der Waals surface area contributed by atoms with Crippen molar-refractivity contribution in [2.24, 2.45) is 0 Å². The molecule has 0 N–H and O–H groups in total. The van der Waals surface area contributed by atoms with E-state index in [9.17, 15) is 0 Å². The summed E-state index contributed by atoms with van der Waals surface area (Å²) in [4.78, 5) is 3.40. The normalized spacial score (nSPS) is 22.8. The summed E-state index contributed by atoms with van der Waals surface area (Å²) in [5.41, 5.74) is 0. The van der Waals surface area contributed by atoms with Gasteiger partial charge in [-0.15, -0.1) is 21.5 Å². The molecule has 1 saturated carbocycles. The van der Waals surface area contributed by atoms with Gasteiger partial charge in [0.05, 0.1) is 11.4 Å². The first-order chi connectivity index (χ1) is 9.78. The molecule has 0 bridgehead atoms. The van der Waals surface area contributed by atoms with Gasteiger partial charge in [-0.3, -0.25) is 4.90 Å². The van der Waals surface area contributed by atoms with Crippen LogP contribution in [0.25, 0.3) is 10.8 Å². The van der Waals surface area contributed by atoms with Crippen molar-refractivity contribution in [1.82, 2.24) is 15.1 Å². The van der Waals surface area contributed by atoms with Gasteiger partial charge < -0.3 is 4.42 Å². The predicted octanol–water partition coefficient (Wildman–Crippen LogP) is 3.51. The molecule has 0 unspecified atom stereocenters. The molecule has 3 rings (SSSR count). The maximum Gasteiger partial charge on any atom is 0.257 e. The Morgan fingerprint density at radius 1 is 1.45 bits per heavy atom. The van der Waals surface area contributed by atoms with E-state index in [0.717, 1.165) is 16.7 Å². The number of hydrogen-bond donors (Lipinski definition) is 0. The van der Waals surface area contributed by atoms with Crippen molar-refractivity contribution in [3.8, 4) is 10.8 Å². The SMILES string of the molecule is CS[C@H]1CCC[C@H]1N(C)Cc1nnc(-c2cccs2)o1. The zero-order valence-electron chi connectivity index (χ0n) is 11.8. The average Bonchev–Trinajstić information content (AvgIpc) is 3.19. The van der Waals surface area contributed by atoms with E-state index in [1.54, 1.807) is 11.3 Å². The highest BCUT2D eigenvalue weighted by atomic mass is 32.2. The van der Waals surface area contributed by atoms with Gasteiger partial charge >= 0.3 is 0 Å². The maximum atomic E-state index is 5.77. The minimum absolute atomic E-state index is 0.627. The number of rotatable bonds is 5. The van der Waals surface area contributed by atoms with Crippen LogP contribution in [0.4, 0.5) is 0 Å². The molecule has 0 aliphatic heterocycles. The second kappa shape index (κ2) is 6.28. The summed E-state index contributed by atoms with van der Waals surface area (Å²) in [7, 11) is 2.16.